The van der Waals surface area contributed by atoms with Crippen LogP contribution in [-0.4, -0.2) is 18.7 Å². The third-order valence-electron chi connectivity index (χ3n) is 3.46. The highest BCUT2D eigenvalue weighted by molar-refractivity contribution is 6.01. The number of methoxy groups -OCH3 is 1. The highest BCUT2D eigenvalue weighted by Gasteiger charge is 2.06. The number of nitrogens with one attached hydrogen (secondary N) is 1. The molecule has 0 aliphatic rings. The van der Waals surface area contributed by atoms with Crippen LogP contribution in [0.2, 0.25) is 0 Å². The van der Waals surface area contributed by atoms with Gasteiger partial charge in [0.2, 0.25) is 0 Å². The van der Waals surface area contributed by atoms with Gasteiger partial charge in [-0.15, -0.1) is 0 Å². The summed E-state index contributed by atoms with van der Waals surface area (Å²) in [6, 6.07) is 13.1. The first-order chi connectivity index (χ1) is 10.5. The fourth-order valence-electron chi connectivity index (χ4n) is 2.13. The molecule has 0 saturated carbocycles. The summed E-state index contributed by atoms with van der Waals surface area (Å²) < 4.78 is 5.07. The van der Waals surface area contributed by atoms with Crippen molar-refractivity contribution >= 4 is 11.6 Å². The Morgan fingerprint density at radius 2 is 1.77 bits per heavy atom. The predicted molar refractivity (Wildman–Crippen MR) is 88.6 cm³/mol. The summed E-state index contributed by atoms with van der Waals surface area (Å²) in [6.45, 7) is 5.95. The quantitative estimate of drug-likeness (QED) is 0.694. The average Bonchev–Trinajstić information content (AvgIpc) is 2.54. The van der Waals surface area contributed by atoms with Gasteiger partial charge in [-0.2, -0.15) is 5.10 Å². The van der Waals surface area contributed by atoms with Crippen molar-refractivity contribution in [1.82, 2.24) is 5.43 Å². The summed E-state index contributed by atoms with van der Waals surface area (Å²) in [5.41, 5.74) is 7.24. The van der Waals surface area contributed by atoms with Gasteiger partial charge in [0, 0.05) is 11.1 Å². The van der Waals surface area contributed by atoms with Crippen LogP contribution < -0.4 is 10.2 Å². The van der Waals surface area contributed by atoms with Crippen molar-refractivity contribution in [1.29, 1.82) is 0 Å². The number of carbonyl (C=O) groups is 1. The zero-order chi connectivity index (χ0) is 16.1. The Kier molecular flexibility index (Phi) is 4.94. The van der Waals surface area contributed by atoms with Crippen LogP contribution in [0.5, 0.6) is 5.75 Å². The maximum Gasteiger partial charge on any atom is 0.271 e. The first-order valence-electron chi connectivity index (χ1n) is 7.07. The maximum absolute atomic E-state index is 12.1. The molecule has 0 aliphatic heterocycles. The van der Waals surface area contributed by atoms with E-state index < -0.39 is 0 Å². The summed E-state index contributed by atoms with van der Waals surface area (Å²) in [6.07, 6.45) is 0. The molecule has 0 radical (unpaired) electrons. The molecule has 22 heavy (non-hydrogen) atoms. The van der Waals surface area contributed by atoms with Crippen LogP contribution >= 0.6 is 0 Å². The van der Waals surface area contributed by atoms with Gasteiger partial charge in [0.05, 0.1) is 12.8 Å². The first-order valence-corrected chi connectivity index (χ1v) is 7.07. The summed E-state index contributed by atoms with van der Waals surface area (Å²) in [5, 5.41) is 4.20. The van der Waals surface area contributed by atoms with Crippen molar-refractivity contribution in [3.63, 3.8) is 0 Å². The molecule has 0 saturated heterocycles. The van der Waals surface area contributed by atoms with Crippen molar-refractivity contribution in [2.45, 2.75) is 20.8 Å². The Balaban J connectivity index is 2.12. The smallest absolute Gasteiger partial charge is 0.271 e. The Hall–Kier alpha value is -2.62. The van der Waals surface area contributed by atoms with Gasteiger partial charge in [0.15, 0.2) is 0 Å². The molecule has 0 spiro atoms. The largest absolute Gasteiger partial charge is 0.497 e. The van der Waals surface area contributed by atoms with E-state index in [-0.39, 0.29) is 5.91 Å². The molecule has 2 rings (SSSR count). The molecule has 1 amide bonds. The van der Waals surface area contributed by atoms with Gasteiger partial charge >= 0.3 is 0 Å². The average molecular weight is 296 g/mol. The molecular weight excluding hydrogens is 276 g/mol. The molecule has 2 aromatic rings. The molecular formula is C18H20N2O2. The Morgan fingerprint density at radius 1 is 1.09 bits per heavy atom. The summed E-state index contributed by atoms with van der Waals surface area (Å²) >= 11 is 0. The molecule has 0 heterocycles. The van der Waals surface area contributed by atoms with E-state index in [1.165, 1.54) is 0 Å². The van der Waals surface area contributed by atoms with Crippen molar-refractivity contribution < 1.29 is 9.53 Å². The van der Waals surface area contributed by atoms with Crippen LogP contribution in [0, 0.1) is 13.8 Å². The van der Waals surface area contributed by atoms with E-state index in [4.69, 9.17) is 4.74 Å². The molecule has 4 nitrogen and oxygen atoms in total. The van der Waals surface area contributed by atoms with E-state index in [0.717, 1.165) is 22.4 Å². The normalized spacial score (nSPS) is 11.2. The van der Waals surface area contributed by atoms with Gasteiger partial charge in [0.25, 0.3) is 5.91 Å². The number of amides is 1. The second-order valence-corrected chi connectivity index (χ2v) is 5.19. The van der Waals surface area contributed by atoms with Gasteiger partial charge in [0.1, 0.15) is 5.75 Å². The number of carbonyl (C=O) groups excluding carboxylic acids is 1. The SMILES string of the molecule is COc1ccc(C(=O)N/N=C(/C)c2cc(C)ccc2C)cc1. The monoisotopic (exact) mass is 296 g/mol. The number of hydrazone groups is 1. The lowest BCUT2D eigenvalue weighted by atomic mass is 10.0. The summed E-state index contributed by atoms with van der Waals surface area (Å²) in [4.78, 5) is 12.1. The second kappa shape index (κ2) is 6.89. The molecule has 0 atom stereocenters. The van der Waals surface area contributed by atoms with Gasteiger partial charge in [-0.05, 0) is 56.7 Å². The van der Waals surface area contributed by atoms with Crippen LogP contribution in [0.1, 0.15) is 34.0 Å². The first kappa shape index (κ1) is 15.8. The van der Waals surface area contributed by atoms with Gasteiger partial charge < -0.3 is 4.74 Å². The zero-order valence-corrected chi connectivity index (χ0v) is 13.3. The number of ether oxygens (including phenoxy) is 1. The lowest BCUT2D eigenvalue weighted by Gasteiger charge is -2.07. The highest BCUT2D eigenvalue weighted by atomic mass is 16.5. The summed E-state index contributed by atoms with van der Waals surface area (Å²) in [5.74, 6) is 0.471. The lowest BCUT2D eigenvalue weighted by molar-refractivity contribution is 0.0955. The van der Waals surface area contributed by atoms with E-state index in [2.05, 4.69) is 28.7 Å². The molecule has 0 unspecified atom stereocenters. The van der Waals surface area contributed by atoms with Crippen molar-refractivity contribution in [2.24, 2.45) is 5.10 Å². The number of rotatable bonds is 4. The van der Waals surface area contributed by atoms with E-state index >= 15 is 0 Å². The van der Waals surface area contributed by atoms with E-state index in [9.17, 15) is 4.79 Å². The third kappa shape index (κ3) is 3.73. The van der Waals surface area contributed by atoms with Crippen molar-refractivity contribution in [3.8, 4) is 5.75 Å². The Labute approximate surface area is 130 Å². The topological polar surface area (TPSA) is 50.7 Å². The lowest BCUT2D eigenvalue weighted by Crippen LogP contribution is -2.19. The zero-order valence-electron chi connectivity index (χ0n) is 13.3. The van der Waals surface area contributed by atoms with Crippen LogP contribution in [0.4, 0.5) is 0 Å². The van der Waals surface area contributed by atoms with Crippen LogP contribution in [-0.2, 0) is 0 Å². The van der Waals surface area contributed by atoms with Crippen LogP contribution in [0.15, 0.2) is 47.6 Å². The standard InChI is InChI=1S/C18H20N2O2/c1-12-5-6-13(2)17(11-12)14(3)19-20-18(21)15-7-9-16(22-4)10-8-15/h5-11H,1-4H3,(H,20,21)/b19-14-. The Morgan fingerprint density at radius 3 is 2.41 bits per heavy atom. The van der Waals surface area contributed by atoms with Crippen LogP contribution in [0.25, 0.3) is 0 Å². The summed E-state index contributed by atoms with van der Waals surface area (Å²) in [7, 11) is 1.59. The molecule has 1 N–H and O–H groups in total. The van der Waals surface area contributed by atoms with Gasteiger partial charge in [-0.3, -0.25) is 4.79 Å². The number of hydrogen-bond donors (Lipinski definition) is 1. The molecule has 4 heteroatoms. The fraction of sp³-hybridized carbons (Fsp3) is 0.222. The van der Waals surface area contributed by atoms with Crippen LogP contribution in [0.3, 0.4) is 0 Å². The number of aryl methyl sites for hydroxylation is 2. The molecule has 0 aliphatic carbocycles. The number of benzene rings is 2. The van der Waals surface area contributed by atoms with E-state index in [0.29, 0.717) is 11.3 Å². The molecule has 0 bridgehead atoms. The van der Waals surface area contributed by atoms with Gasteiger partial charge in [-0.25, -0.2) is 5.43 Å². The van der Waals surface area contributed by atoms with Gasteiger partial charge in [-0.1, -0.05) is 17.7 Å². The maximum atomic E-state index is 12.1. The van der Waals surface area contributed by atoms with Crippen molar-refractivity contribution in [2.75, 3.05) is 7.11 Å². The minimum Gasteiger partial charge on any atom is -0.497 e. The van der Waals surface area contributed by atoms with Crippen molar-refractivity contribution in [3.05, 3.63) is 64.7 Å². The minimum absolute atomic E-state index is 0.243. The third-order valence-corrected chi connectivity index (χ3v) is 3.46. The fourth-order valence-corrected chi connectivity index (χ4v) is 2.13. The molecule has 0 aromatic heterocycles. The highest BCUT2D eigenvalue weighted by Crippen LogP contribution is 2.13. The minimum atomic E-state index is -0.243. The second-order valence-electron chi connectivity index (χ2n) is 5.19. The molecule has 2 aromatic carbocycles. The number of nitrogens with zero attached hydrogens (tertiary/aromatic N) is 1. The molecule has 0 fully saturated rings. The van der Waals surface area contributed by atoms with E-state index in [1.54, 1.807) is 31.4 Å². The van der Waals surface area contributed by atoms with E-state index in [1.807, 2.05) is 20.8 Å². The Bertz CT molecular complexity index is 704. The predicted octanol–water partition coefficient (Wildman–Crippen LogP) is 3.47. The molecule has 114 valence electrons. The number of hydrogen-bond acceptors (Lipinski definition) is 3.